The Morgan fingerprint density at radius 1 is 0.964 bits per heavy atom. The van der Waals surface area contributed by atoms with Crippen molar-refractivity contribution in [3.05, 3.63) is 23.8 Å². The Morgan fingerprint density at radius 3 is 2.54 bits per heavy atom. The van der Waals surface area contributed by atoms with Crippen LogP contribution in [0.1, 0.15) is 55.3 Å². The minimum atomic E-state index is -0.0560. The molecular weight excluding hydrogens is 399 g/mol. The summed E-state index contributed by atoms with van der Waals surface area (Å²) >= 11 is 0. The lowest BCUT2D eigenvalue weighted by atomic mass is 9.95. The molecule has 1 aromatic heterocycles. The van der Waals surface area contributed by atoms with Gasteiger partial charge in [-0.1, -0.05) is 19.3 Å². The van der Waals surface area contributed by atoms with Gasteiger partial charge in [0.05, 0.1) is 0 Å². The highest BCUT2D eigenvalue weighted by Gasteiger charge is 2.11. The van der Waals surface area contributed by atoms with Gasteiger partial charge in [-0.05, 0) is 50.4 Å². The molecule has 0 unspecified atom stereocenters. The zero-order valence-electron chi connectivity index (χ0n) is 16.2. The predicted molar refractivity (Wildman–Crippen MR) is 118 cm³/mol. The van der Waals surface area contributed by atoms with E-state index in [1.807, 2.05) is 0 Å². The molecule has 0 saturated heterocycles. The summed E-state index contributed by atoms with van der Waals surface area (Å²) in [6.07, 6.45) is 8.87. The lowest BCUT2D eigenvalue weighted by molar-refractivity contribution is 0.0953. The highest BCUT2D eigenvalue weighted by molar-refractivity contribution is 5.97. The van der Waals surface area contributed by atoms with E-state index >= 15 is 0 Å². The maximum Gasteiger partial charge on any atom is 0.251 e. The summed E-state index contributed by atoms with van der Waals surface area (Å²) in [6.45, 7) is 3.75. The van der Waals surface area contributed by atoms with Crippen LogP contribution >= 0.6 is 24.8 Å². The van der Waals surface area contributed by atoms with Gasteiger partial charge in [-0.15, -0.1) is 24.8 Å². The molecule has 1 fully saturated rings. The Morgan fingerprint density at radius 2 is 1.71 bits per heavy atom. The van der Waals surface area contributed by atoms with Crippen LogP contribution in [-0.4, -0.2) is 53.5 Å². The van der Waals surface area contributed by atoms with Gasteiger partial charge in [-0.3, -0.25) is 4.79 Å². The standard InChI is InChI=1S/C19H30N6O.2ClH/c26-19(15-8-9-17-18(14-15)24-25-23-17)22-11-5-4-10-20-12-13-21-16-6-2-1-3-7-16;;/h8-9,14,16,20-21H,1-7,10-13H2,(H,22,26)(H,23,24,25);2*1H. The van der Waals surface area contributed by atoms with Gasteiger partial charge in [-0.2, -0.15) is 15.4 Å². The molecule has 1 aliphatic carbocycles. The third-order valence-corrected chi connectivity index (χ3v) is 4.98. The second-order valence-electron chi connectivity index (χ2n) is 7.03. The zero-order chi connectivity index (χ0) is 18.0. The van der Waals surface area contributed by atoms with E-state index in [9.17, 15) is 4.79 Å². The topological polar surface area (TPSA) is 94.7 Å². The molecule has 158 valence electrons. The Labute approximate surface area is 179 Å². The monoisotopic (exact) mass is 430 g/mol. The lowest BCUT2D eigenvalue weighted by Gasteiger charge is -2.22. The number of aromatic amines is 1. The average Bonchev–Trinajstić information content (AvgIpc) is 3.15. The van der Waals surface area contributed by atoms with E-state index < -0.39 is 0 Å². The minimum absolute atomic E-state index is 0. The number of nitrogens with zero attached hydrogens (tertiary/aromatic N) is 2. The highest BCUT2D eigenvalue weighted by Crippen LogP contribution is 2.16. The summed E-state index contributed by atoms with van der Waals surface area (Å²) < 4.78 is 0. The van der Waals surface area contributed by atoms with E-state index in [0.717, 1.165) is 44.0 Å². The van der Waals surface area contributed by atoms with Crippen LogP contribution in [0.5, 0.6) is 0 Å². The van der Waals surface area contributed by atoms with Gasteiger partial charge >= 0.3 is 0 Å². The number of H-pyrrole nitrogens is 1. The summed E-state index contributed by atoms with van der Waals surface area (Å²) in [4.78, 5) is 12.1. The SMILES string of the molecule is Cl.Cl.O=C(NCCCCNCCNC1CCCCC1)c1ccc2n[nH]nc2c1. The van der Waals surface area contributed by atoms with Crippen LogP contribution in [0, 0.1) is 0 Å². The van der Waals surface area contributed by atoms with Crippen molar-refractivity contribution in [2.24, 2.45) is 0 Å². The van der Waals surface area contributed by atoms with Crippen molar-refractivity contribution in [3.63, 3.8) is 0 Å². The number of amides is 1. The summed E-state index contributed by atoms with van der Waals surface area (Å²) in [5.74, 6) is -0.0560. The molecule has 1 heterocycles. The van der Waals surface area contributed by atoms with Gasteiger partial charge in [0.2, 0.25) is 0 Å². The maximum absolute atomic E-state index is 12.1. The average molecular weight is 431 g/mol. The normalized spacial score (nSPS) is 14.3. The van der Waals surface area contributed by atoms with Crippen LogP contribution in [-0.2, 0) is 0 Å². The molecule has 1 aliphatic rings. The molecule has 7 nitrogen and oxygen atoms in total. The molecule has 0 bridgehead atoms. The van der Waals surface area contributed by atoms with Crippen molar-refractivity contribution in [2.75, 3.05) is 26.2 Å². The number of hydrogen-bond donors (Lipinski definition) is 4. The number of nitrogens with one attached hydrogen (secondary N) is 4. The number of halogens is 2. The van der Waals surface area contributed by atoms with Crippen molar-refractivity contribution >= 4 is 41.8 Å². The molecule has 1 amide bonds. The third-order valence-electron chi connectivity index (χ3n) is 4.98. The van der Waals surface area contributed by atoms with Gasteiger partial charge < -0.3 is 16.0 Å². The van der Waals surface area contributed by atoms with Gasteiger partial charge in [0.1, 0.15) is 11.0 Å². The smallest absolute Gasteiger partial charge is 0.251 e. The third kappa shape index (κ3) is 7.91. The van der Waals surface area contributed by atoms with E-state index in [-0.39, 0.29) is 30.7 Å². The highest BCUT2D eigenvalue weighted by atomic mass is 35.5. The minimum Gasteiger partial charge on any atom is -0.352 e. The number of aromatic nitrogens is 3. The quantitative estimate of drug-likeness (QED) is 0.434. The fraction of sp³-hybridized carbons (Fsp3) is 0.632. The summed E-state index contributed by atoms with van der Waals surface area (Å²) in [7, 11) is 0. The van der Waals surface area contributed by atoms with Crippen LogP contribution < -0.4 is 16.0 Å². The largest absolute Gasteiger partial charge is 0.352 e. The second kappa shape index (κ2) is 13.7. The summed E-state index contributed by atoms with van der Waals surface area (Å²) in [6, 6.07) is 6.08. The number of hydrogen-bond acceptors (Lipinski definition) is 5. The summed E-state index contributed by atoms with van der Waals surface area (Å²) in [5.41, 5.74) is 2.10. The fourth-order valence-electron chi connectivity index (χ4n) is 3.46. The van der Waals surface area contributed by atoms with Gasteiger partial charge in [-0.25, -0.2) is 0 Å². The van der Waals surface area contributed by atoms with E-state index in [1.165, 1.54) is 32.1 Å². The van der Waals surface area contributed by atoms with Crippen LogP contribution in [0.25, 0.3) is 11.0 Å². The fourth-order valence-corrected chi connectivity index (χ4v) is 3.46. The van der Waals surface area contributed by atoms with E-state index in [2.05, 4.69) is 31.4 Å². The molecular formula is C19H32Cl2N6O. The summed E-state index contributed by atoms with van der Waals surface area (Å²) in [5, 5.41) is 20.6. The van der Waals surface area contributed by atoms with Crippen molar-refractivity contribution in [1.82, 2.24) is 31.4 Å². The Bertz CT molecular complexity index is 690. The van der Waals surface area contributed by atoms with Crippen LogP contribution in [0.2, 0.25) is 0 Å². The van der Waals surface area contributed by atoms with Gasteiger partial charge in [0.25, 0.3) is 5.91 Å². The van der Waals surface area contributed by atoms with E-state index in [4.69, 9.17) is 0 Å². The number of fused-ring (bicyclic) bond motifs is 1. The van der Waals surface area contributed by atoms with Crippen LogP contribution in [0.15, 0.2) is 18.2 Å². The molecule has 28 heavy (non-hydrogen) atoms. The van der Waals surface area contributed by atoms with Crippen LogP contribution in [0.3, 0.4) is 0 Å². The molecule has 1 aromatic carbocycles. The number of carbonyl (C=O) groups excluding carboxylic acids is 1. The molecule has 3 rings (SSSR count). The lowest BCUT2D eigenvalue weighted by Crippen LogP contribution is -2.36. The molecule has 1 saturated carbocycles. The Hall–Kier alpha value is -1.41. The Balaban J connectivity index is 0.00000196. The first-order valence-corrected chi connectivity index (χ1v) is 9.86. The molecule has 9 heteroatoms. The molecule has 0 aliphatic heterocycles. The van der Waals surface area contributed by atoms with Crippen molar-refractivity contribution in [1.29, 1.82) is 0 Å². The first kappa shape index (κ1) is 24.6. The number of rotatable bonds is 10. The second-order valence-corrected chi connectivity index (χ2v) is 7.03. The van der Waals surface area contributed by atoms with Gasteiger partial charge in [0, 0.05) is 31.2 Å². The van der Waals surface area contributed by atoms with E-state index in [0.29, 0.717) is 17.6 Å². The number of unbranched alkanes of at least 4 members (excludes halogenated alkanes) is 1. The van der Waals surface area contributed by atoms with Gasteiger partial charge in [0.15, 0.2) is 0 Å². The van der Waals surface area contributed by atoms with Crippen molar-refractivity contribution in [3.8, 4) is 0 Å². The maximum atomic E-state index is 12.1. The number of benzene rings is 1. The molecule has 0 radical (unpaired) electrons. The van der Waals surface area contributed by atoms with E-state index in [1.54, 1.807) is 18.2 Å². The molecule has 2 aromatic rings. The first-order chi connectivity index (χ1) is 12.8. The zero-order valence-corrected chi connectivity index (χ0v) is 17.8. The molecule has 0 atom stereocenters. The first-order valence-electron chi connectivity index (χ1n) is 9.86. The molecule has 4 N–H and O–H groups in total. The Kier molecular flexibility index (Phi) is 12.1. The van der Waals surface area contributed by atoms with Crippen molar-refractivity contribution in [2.45, 2.75) is 51.0 Å². The molecule has 0 spiro atoms. The van der Waals surface area contributed by atoms with Crippen molar-refractivity contribution < 1.29 is 4.79 Å². The number of carbonyl (C=O) groups is 1. The predicted octanol–water partition coefficient (Wildman–Crippen LogP) is 2.82. The van der Waals surface area contributed by atoms with Crippen LogP contribution in [0.4, 0.5) is 0 Å².